The van der Waals surface area contributed by atoms with Gasteiger partial charge in [0.25, 0.3) is 0 Å². The summed E-state index contributed by atoms with van der Waals surface area (Å²) in [7, 11) is -3.70. The van der Waals surface area contributed by atoms with Gasteiger partial charge < -0.3 is 14.5 Å². The highest BCUT2D eigenvalue weighted by Gasteiger charge is 2.30. The summed E-state index contributed by atoms with van der Waals surface area (Å²) in [6, 6.07) is -0.227. The van der Waals surface area contributed by atoms with Crippen molar-refractivity contribution in [3.8, 4) is 0 Å². The van der Waals surface area contributed by atoms with E-state index < -0.39 is 16.0 Å². The first-order chi connectivity index (χ1) is 9.86. The van der Waals surface area contributed by atoms with Crippen molar-refractivity contribution in [3.05, 3.63) is 17.0 Å². The van der Waals surface area contributed by atoms with Gasteiger partial charge in [-0.3, -0.25) is 0 Å². The number of H-pyrrole nitrogens is 1. The Morgan fingerprint density at radius 3 is 2.76 bits per heavy atom. The molecular weight excluding hydrogens is 296 g/mol. The highest BCUT2D eigenvalue weighted by atomic mass is 32.2. The minimum Gasteiger partial charge on any atom is -0.461 e. The molecule has 2 heterocycles. The van der Waals surface area contributed by atoms with E-state index in [9.17, 15) is 13.2 Å². The molecule has 2 rings (SSSR count). The van der Waals surface area contributed by atoms with Gasteiger partial charge in [0.05, 0.1) is 13.2 Å². The van der Waals surface area contributed by atoms with Crippen LogP contribution in [0.4, 0.5) is 0 Å². The van der Waals surface area contributed by atoms with Crippen LogP contribution in [0, 0.1) is 13.8 Å². The number of aryl methyl sites for hydroxylation is 1. The predicted molar refractivity (Wildman–Crippen MR) is 75.8 cm³/mol. The Morgan fingerprint density at radius 1 is 1.48 bits per heavy atom. The standard InChI is InChI=1S/C13H20N2O5S/c1-4-20-13(16)11-8(2)12(9(3)14-11)21(17,18)15-10-5-6-19-7-10/h10,14-15H,4-7H2,1-3H3. The molecule has 1 atom stereocenters. The van der Waals surface area contributed by atoms with Gasteiger partial charge in [-0.25, -0.2) is 17.9 Å². The lowest BCUT2D eigenvalue weighted by Gasteiger charge is -2.12. The molecule has 7 nitrogen and oxygen atoms in total. The summed E-state index contributed by atoms with van der Waals surface area (Å²) in [4.78, 5) is 14.7. The number of sulfonamides is 1. The van der Waals surface area contributed by atoms with Crippen LogP contribution in [-0.2, 0) is 19.5 Å². The average Bonchev–Trinajstić information content (AvgIpc) is 2.97. The number of carbonyl (C=O) groups is 1. The van der Waals surface area contributed by atoms with E-state index in [1.54, 1.807) is 20.8 Å². The van der Waals surface area contributed by atoms with Crippen LogP contribution in [0.15, 0.2) is 4.90 Å². The van der Waals surface area contributed by atoms with Crippen molar-refractivity contribution in [1.29, 1.82) is 0 Å². The molecule has 118 valence electrons. The second kappa shape index (κ2) is 6.17. The fourth-order valence-corrected chi connectivity index (χ4v) is 4.15. The summed E-state index contributed by atoms with van der Waals surface area (Å²) in [5.41, 5.74) is 0.969. The largest absolute Gasteiger partial charge is 0.461 e. The summed E-state index contributed by atoms with van der Waals surface area (Å²) in [5, 5.41) is 0. The van der Waals surface area contributed by atoms with Crippen LogP contribution >= 0.6 is 0 Å². The summed E-state index contributed by atoms with van der Waals surface area (Å²) in [6.45, 7) is 6.06. The molecule has 0 bridgehead atoms. The Hall–Kier alpha value is -1.38. The third kappa shape index (κ3) is 3.28. The molecule has 1 aromatic rings. The molecule has 1 aromatic heterocycles. The third-order valence-corrected chi connectivity index (χ3v) is 5.16. The van der Waals surface area contributed by atoms with E-state index in [1.807, 2.05) is 0 Å². The van der Waals surface area contributed by atoms with Crippen LogP contribution in [-0.4, -0.2) is 45.2 Å². The topological polar surface area (TPSA) is 97.5 Å². The Balaban J connectivity index is 2.32. The summed E-state index contributed by atoms with van der Waals surface area (Å²) in [6.07, 6.45) is 0.645. The molecule has 0 radical (unpaired) electrons. The number of hydrogen-bond donors (Lipinski definition) is 2. The van der Waals surface area contributed by atoms with Crippen LogP contribution in [0.3, 0.4) is 0 Å². The van der Waals surface area contributed by atoms with E-state index in [0.29, 0.717) is 30.9 Å². The highest BCUT2D eigenvalue weighted by molar-refractivity contribution is 7.89. The SMILES string of the molecule is CCOC(=O)c1[nH]c(C)c(S(=O)(=O)NC2CCOC2)c1C. The minimum absolute atomic E-state index is 0.109. The number of hydrogen-bond acceptors (Lipinski definition) is 5. The molecule has 1 saturated heterocycles. The fraction of sp³-hybridized carbons (Fsp3) is 0.615. The molecule has 0 aliphatic carbocycles. The van der Waals surface area contributed by atoms with Gasteiger partial charge >= 0.3 is 5.97 Å². The Morgan fingerprint density at radius 2 is 2.19 bits per heavy atom. The molecule has 1 aliphatic rings. The van der Waals surface area contributed by atoms with Crippen molar-refractivity contribution in [2.45, 2.75) is 38.1 Å². The average molecular weight is 316 g/mol. The van der Waals surface area contributed by atoms with E-state index in [0.717, 1.165) is 0 Å². The van der Waals surface area contributed by atoms with Gasteiger partial charge in [0.15, 0.2) is 0 Å². The Bertz CT molecular complexity index is 629. The van der Waals surface area contributed by atoms with Crippen LogP contribution in [0.5, 0.6) is 0 Å². The van der Waals surface area contributed by atoms with Gasteiger partial charge in [0.2, 0.25) is 10.0 Å². The lowest BCUT2D eigenvalue weighted by molar-refractivity contribution is 0.0519. The summed E-state index contributed by atoms with van der Waals surface area (Å²) < 4.78 is 37.7. The molecule has 0 amide bonds. The molecule has 1 fully saturated rings. The molecule has 0 saturated carbocycles. The van der Waals surface area contributed by atoms with E-state index in [-0.39, 0.29) is 23.2 Å². The molecule has 8 heteroatoms. The summed E-state index contributed by atoms with van der Waals surface area (Å²) >= 11 is 0. The van der Waals surface area contributed by atoms with Gasteiger partial charge in [0.1, 0.15) is 10.6 Å². The van der Waals surface area contributed by atoms with Gasteiger partial charge in [-0.2, -0.15) is 0 Å². The second-order valence-corrected chi connectivity index (χ2v) is 6.63. The van der Waals surface area contributed by atoms with E-state index >= 15 is 0 Å². The maximum absolute atomic E-state index is 12.5. The Labute approximate surface area is 124 Å². The van der Waals surface area contributed by atoms with Crippen LogP contribution in [0.25, 0.3) is 0 Å². The number of rotatable bonds is 5. The molecule has 1 aliphatic heterocycles. The summed E-state index contributed by atoms with van der Waals surface area (Å²) in [5.74, 6) is -0.552. The predicted octanol–water partition coefficient (Wildman–Crippen LogP) is 0.875. The van der Waals surface area contributed by atoms with Crippen LogP contribution in [0.2, 0.25) is 0 Å². The second-order valence-electron chi connectivity index (χ2n) is 4.98. The quantitative estimate of drug-likeness (QED) is 0.786. The zero-order valence-corrected chi connectivity index (χ0v) is 13.2. The number of aromatic amines is 1. The van der Waals surface area contributed by atoms with E-state index in [4.69, 9.17) is 9.47 Å². The molecular formula is C13H20N2O5S. The zero-order valence-electron chi connectivity index (χ0n) is 12.4. The number of esters is 1. The molecule has 0 spiro atoms. The number of ether oxygens (including phenoxy) is 2. The minimum atomic E-state index is -3.70. The van der Waals surface area contributed by atoms with Crippen molar-refractivity contribution in [2.75, 3.05) is 19.8 Å². The van der Waals surface area contributed by atoms with Crippen molar-refractivity contribution in [2.24, 2.45) is 0 Å². The van der Waals surface area contributed by atoms with Gasteiger partial charge in [-0.05, 0) is 27.2 Å². The normalized spacial score (nSPS) is 18.9. The van der Waals surface area contributed by atoms with Crippen molar-refractivity contribution in [1.82, 2.24) is 9.71 Å². The van der Waals surface area contributed by atoms with Crippen LogP contribution < -0.4 is 4.72 Å². The maximum atomic E-state index is 12.5. The lowest BCUT2D eigenvalue weighted by Crippen LogP contribution is -2.35. The fourth-order valence-electron chi connectivity index (χ4n) is 2.45. The van der Waals surface area contributed by atoms with Gasteiger partial charge in [-0.1, -0.05) is 0 Å². The first-order valence-electron chi connectivity index (χ1n) is 6.83. The molecule has 21 heavy (non-hydrogen) atoms. The van der Waals surface area contributed by atoms with Crippen molar-refractivity contribution in [3.63, 3.8) is 0 Å². The first-order valence-corrected chi connectivity index (χ1v) is 8.31. The number of carbonyl (C=O) groups excluding carboxylic acids is 1. The van der Waals surface area contributed by atoms with E-state index in [1.165, 1.54) is 0 Å². The Kier molecular flexibility index (Phi) is 4.70. The van der Waals surface area contributed by atoms with Crippen LogP contribution in [0.1, 0.15) is 35.1 Å². The van der Waals surface area contributed by atoms with Gasteiger partial charge in [-0.15, -0.1) is 0 Å². The maximum Gasteiger partial charge on any atom is 0.355 e. The number of nitrogens with one attached hydrogen (secondary N) is 2. The number of aromatic nitrogens is 1. The van der Waals surface area contributed by atoms with Crippen molar-refractivity contribution >= 4 is 16.0 Å². The lowest BCUT2D eigenvalue weighted by atomic mass is 10.2. The zero-order chi connectivity index (χ0) is 15.6. The monoisotopic (exact) mass is 316 g/mol. The molecule has 1 unspecified atom stereocenters. The molecule has 2 N–H and O–H groups in total. The molecule has 0 aromatic carbocycles. The van der Waals surface area contributed by atoms with E-state index in [2.05, 4.69) is 9.71 Å². The first kappa shape index (κ1) is 16.0. The smallest absolute Gasteiger partial charge is 0.355 e. The highest BCUT2D eigenvalue weighted by Crippen LogP contribution is 2.24. The van der Waals surface area contributed by atoms with Gasteiger partial charge in [0, 0.05) is 23.9 Å². The third-order valence-electron chi connectivity index (χ3n) is 3.37. The van der Waals surface area contributed by atoms with Crippen molar-refractivity contribution < 1.29 is 22.7 Å².